The maximum atomic E-state index is 12.1. The Morgan fingerprint density at radius 3 is 2.74 bits per heavy atom. The van der Waals surface area contributed by atoms with Gasteiger partial charge in [-0.15, -0.1) is 0 Å². The molecular formula is C18H21N3O5S. The molecule has 0 aromatic heterocycles. The minimum Gasteiger partial charge on any atom is -0.454 e. The molecule has 1 atom stereocenters. The summed E-state index contributed by atoms with van der Waals surface area (Å²) in [4.78, 5) is 12.1. The number of carbonyl (C=O) groups excluding carboxylic acids is 1. The molecule has 1 aliphatic heterocycles. The molecule has 1 aliphatic rings. The minimum absolute atomic E-state index is 0.0110. The summed E-state index contributed by atoms with van der Waals surface area (Å²) in [6.07, 6.45) is 0.638. The molecule has 0 saturated heterocycles. The lowest BCUT2D eigenvalue weighted by Gasteiger charge is -2.16. The van der Waals surface area contributed by atoms with E-state index in [4.69, 9.17) is 14.6 Å². The Hall–Kier alpha value is -2.78. The number of urea groups is 1. The predicted octanol–water partition coefficient (Wildman–Crippen LogP) is 1.67. The quantitative estimate of drug-likeness (QED) is 0.692. The van der Waals surface area contributed by atoms with Crippen molar-refractivity contribution in [1.82, 2.24) is 10.6 Å². The molecule has 3 rings (SSSR count). The number of ether oxygens (including phenoxy) is 2. The topological polar surface area (TPSA) is 120 Å². The zero-order valence-corrected chi connectivity index (χ0v) is 15.6. The number of nitrogens with two attached hydrogens (primary N) is 1. The van der Waals surface area contributed by atoms with Crippen LogP contribution in [0.15, 0.2) is 47.4 Å². The molecule has 1 unspecified atom stereocenters. The van der Waals surface area contributed by atoms with Gasteiger partial charge in [0, 0.05) is 6.54 Å². The summed E-state index contributed by atoms with van der Waals surface area (Å²) in [5, 5.41) is 10.7. The van der Waals surface area contributed by atoms with Crippen molar-refractivity contribution in [3.63, 3.8) is 0 Å². The predicted molar refractivity (Wildman–Crippen MR) is 99.0 cm³/mol. The fourth-order valence-corrected chi connectivity index (χ4v) is 3.28. The molecule has 0 fully saturated rings. The number of hydrogen-bond acceptors (Lipinski definition) is 5. The van der Waals surface area contributed by atoms with E-state index < -0.39 is 10.0 Å². The fourth-order valence-electron chi connectivity index (χ4n) is 2.71. The van der Waals surface area contributed by atoms with E-state index in [0.29, 0.717) is 24.3 Å². The summed E-state index contributed by atoms with van der Waals surface area (Å²) >= 11 is 0. The smallest absolute Gasteiger partial charge is 0.315 e. The van der Waals surface area contributed by atoms with Crippen LogP contribution >= 0.6 is 0 Å². The first-order valence-electron chi connectivity index (χ1n) is 8.38. The number of nitrogens with one attached hydrogen (secondary N) is 2. The zero-order chi connectivity index (χ0) is 19.4. The molecule has 0 spiro atoms. The SMILES string of the molecule is CC(NC(=O)NCCc1ccc2c(c1)OCO2)c1cccc(S(N)(=O)=O)c1. The van der Waals surface area contributed by atoms with Crippen LogP contribution in [0.4, 0.5) is 4.79 Å². The Bertz CT molecular complexity index is 946. The van der Waals surface area contributed by atoms with Crippen LogP contribution in [-0.4, -0.2) is 27.8 Å². The van der Waals surface area contributed by atoms with Gasteiger partial charge in [0.1, 0.15) is 0 Å². The van der Waals surface area contributed by atoms with E-state index in [9.17, 15) is 13.2 Å². The van der Waals surface area contributed by atoms with Crippen molar-refractivity contribution >= 4 is 16.1 Å². The molecule has 0 bridgehead atoms. The van der Waals surface area contributed by atoms with Gasteiger partial charge in [-0.1, -0.05) is 18.2 Å². The highest BCUT2D eigenvalue weighted by atomic mass is 32.2. The Balaban J connectivity index is 1.50. The largest absolute Gasteiger partial charge is 0.454 e. The van der Waals surface area contributed by atoms with E-state index in [0.717, 1.165) is 11.3 Å². The van der Waals surface area contributed by atoms with Gasteiger partial charge >= 0.3 is 6.03 Å². The van der Waals surface area contributed by atoms with Crippen molar-refractivity contribution in [3.05, 3.63) is 53.6 Å². The molecule has 0 saturated carbocycles. The van der Waals surface area contributed by atoms with Gasteiger partial charge in [0.25, 0.3) is 0 Å². The van der Waals surface area contributed by atoms with Crippen LogP contribution in [0, 0.1) is 0 Å². The molecule has 1 heterocycles. The average molecular weight is 391 g/mol. The van der Waals surface area contributed by atoms with Crippen molar-refractivity contribution in [3.8, 4) is 11.5 Å². The minimum atomic E-state index is -3.78. The molecule has 2 aromatic rings. The highest BCUT2D eigenvalue weighted by Crippen LogP contribution is 2.32. The van der Waals surface area contributed by atoms with Crippen molar-refractivity contribution < 1.29 is 22.7 Å². The highest BCUT2D eigenvalue weighted by Gasteiger charge is 2.15. The van der Waals surface area contributed by atoms with E-state index in [1.54, 1.807) is 19.1 Å². The third-order valence-corrected chi connectivity index (χ3v) is 5.08. The number of fused-ring (bicyclic) bond motifs is 1. The molecule has 144 valence electrons. The second-order valence-corrected chi connectivity index (χ2v) is 7.74. The maximum Gasteiger partial charge on any atom is 0.315 e. The van der Waals surface area contributed by atoms with Crippen molar-refractivity contribution in [2.75, 3.05) is 13.3 Å². The van der Waals surface area contributed by atoms with Crippen molar-refractivity contribution in [1.29, 1.82) is 0 Å². The van der Waals surface area contributed by atoms with Gasteiger partial charge in [0.15, 0.2) is 11.5 Å². The van der Waals surface area contributed by atoms with Crippen LogP contribution in [0.3, 0.4) is 0 Å². The Labute approximate surface area is 157 Å². The summed E-state index contributed by atoms with van der Waals surface area (Å²) in [6.45, 7) is 2.43. The van der Waals surface area contributed by atoms with Crippen LogP contribution in [0.1, 0.15) is 24.1 Å². The number of rotatable bonds is 6. The summed E-state index contributed by atoms with van der Waals surface area (Å²) in [6, 6.07) is 11.1. The van der Waals surface area contributed by atoms with Crippen LogP contribution < -0.4 is 25.2 Å². The second kappa shape index (κ2) is 7.85. The lowest BCUT2D eigenvalue weighted by Crippen LogP contribution is -2.38. The number of benzene rings is 2. The molecule has 4 N–H and O–H groups in total. The standard InChI is InChI=1S/C18H21N3O5S/c1-12(14-3-2-4-15(10-14)27(19,23)24)21-18(22)20-8-7-13-5-6-16-17(9-13)26-11-25-16/h2-6,9-10,12H,7-8,11H2,1H3,(H2,19,23,24)(H2,20,21,22). The summed E-state index contributed by atoms with van der Waals surface area (Å²) in [5.41, 5.74) is 1.67. The van der Waals surface area contributed by atoms with E-state index >= 15 is 0 Å². The zero-order valence-electron chi connectivity index (χ0n) is 14.8. The fraction of sp³-hybridized carbons (Fsp3) is 0.278. The molecule has 9 heteroatoms. The Morgan fingerprint density at radius 1 is 1.19 bits per heavy atom. The molecule has 2 aromatic carbocycles. The summed E-state index contributed by atoms with van der Waals surface area (Å²) in [5.74, 6) is 1.43. The van der Waals surface area contributed by atoms with Crippen LogP contribution in [-0.2, 0) is 16.4 Å². The number of primary sulfonamides is 1. The van der Waals surface area contributed by atoms with Crippen molar-refractivity contribution in [2.45, 2.75) is 24.3 Å². The van der Waals surface area contributed by atoms with Gasteiger partial charge in [-0.05, 0) is 48.7 Å². The number of sulfonamides is 1. The van der Waals surface area contributed by atoms with E-state index in [1.807, 2.05) is 18.2 Å². The number of amides is 2. The molecule has 27 heavy (non-hydrogen) atoms. The number of hydrogen-bond donors (Lipinski definition) is 3. The van der Waals surface area contributed by atoms with E-state index in [-0.39, 0.29) is 23.8 Å². The van der Waals surface area contributed by atoms with Gasteiger partial charge in [0.2, 0.25) is 16.8 Å². The van der Waals surface area contributed by atoms with Crippen molar-refractivity contribution in [2.24, 2.45) is 5.14 Å². The van der Waals surface area contributed by atoms with Gasteiger partial charge < -0.3 is 20.1 Å². The monoisotopic (exact) mass is 391 g/mol. The lowest BCUT2D eigenvalue weighted by atomic mass is 10.1. The molecule has 0 radical (unpaired) electrons. The average Bonchev–Trinajstić information content (AvgIpc) is 3.09. The Kier molecular flexibility index (Phi) is 5.52. The van der Waals surface area contributed by atoms with Crippen LogP contribution in [0.25, 0.3) is 0 Å². The normalized spacial score (nSPS) is 13.9. The molecule has 2 amide bonds. The van der Waals surface area contributed by atoms with E-state index in [2.05, 4.69) is 10.6 Å². The van der Waals surface area contributed by atoms with E-state index in [1.165, 1.54) is 12.1 Å². The van der Waals surface area contributed by atoms with Crippen LogP contribution in [0.5, 0.6) is 11.5 Å². The third kappa shape index (κ3) is 4.89. The summed E-state index contributed by atoms with van der Waals surface area (Å²) < 4.78 is 33.5. The van der Waals surface area contributed by atoms with Gasteiger partial charge in [0.05, 0.1) is 10.9 Å². The van der Waals surface area contributed by atoms with Gasteiger partial charge in [-0.2, -0.15) is 0 Å². The third-order valence-electron chi connectivity index (χ3n) is 4.17. The molecule has 0 aliphatic carbocycles. The van der Waals surface area contributed by atoms with Crippen LogP contribution in [0.2, 0.25) is 0 Å². The van der Waals surface area contributed by atoms with Gasteiger partial charge in [-0.3, -0.25) is 0 Å². The summed E-state index contributed by atoms with van der Waals surface area (Å²) in [7, 11) is -3.78. The van der Waals surface area contributed by atoms with Gasteiger partial charge in [-0.25, -0.2) is 18.4 Å². The Morgan fingerprint density at radius 2 is 1.96 bits per heavy atom. The number of carbonyl (C=O) groups is 1. The first-order valence-corrected chi connectivity index (χ1v) is 9.93. The first-order chi connectivity index (χ1) is 12.8. The molecular weight excluding hydrogens is 370 g/mol. The first kappa shape index (κ1) is 19.0. The lowest BCUT2D eigenvalue weighted by molar-refractivity contribution is 0.174. The maximum absolute atomic E-state index is 12.1. The second-order valence-electron chi connectivity index (χ2n) is 6.18. The highest BCUT2D eigenvalue weighted by molar-refractivity contribution is 7.89. The molecule has 8 nitrogen and oxygen atoms in total.